The first kappa shape index (κ1) is 20.1. The summed E-state index contributed by atoms with van der Waals surface area (Å²) in [4.78, 5) is 20.8. The summed E-state index contributed by atoms with van der Waals surface area (Å²) in [5.74, 6) is 0.560. The van der Waals surface area contributed by atoms with E-state index in [1.807, 2.05) is 66.9 Å². The number of amidine groups is 1. The minimum absolute atomic E-state index is 0.0285. The van der Waals surface area contributed by atoms with Crippen molar-refractivity contribution in [1.82, 2.24) is 15.3 Å². The molecule has 3 aromatic carbocycles. The number of carbonyl (C=O) groups is 1. The molecule has 31 heavy (non-hydrogen) atoms. The van der Waals surface area contributed by atoms with Crippen molar-refractivity contribution in [2.45, 2.75) is 12.5 Å². The highest BCUT2D eigenvalue weighted by atomic mass is 16.1. The Hall–Kier alpha value is -4.19. The first-order valence-electron chi connectivity index (χ1n) is 10.00. The number of hydrogen-bond donors (Lipinski definition) is 4. The van der Waals surface area contributed by atoms with Gasteiger partial charge >= 0.3 is 0 Å². The number of rotatable bonds is 7. The molecule has 0 aliphatic carbocycles. The molecule has 1 heterocycles. The van der Waals surface area contributed by atoms with Gasteiger partial charge in [0.05, 0.1) is 11.7 Å². The number of H-pyrrole nitrogens is 1. The Kier molecular flexibility index (Phi) is 5.89. The highest BCUT2D eigenvalue weighted by molar-refractivity contribution is 5.95. The lowest BCUT2D eigenvalue weighted by Gasteiger charge is -2.17. The lowest BCUT2D eigenvalue weighted by molar-refractivity contribution is 0.0935. The van der Waals surface area contributed by atoms with Gasteiger partial charge in [-0.25, -0.2) is 4.98 Å². The lowest BCUT2D eigenvalue weighted by atomic mass is 10.0. The van der Waals surface area contributed by atoms with Gasteiger partial charge in [-0.2, -0.15) is 0 Å². The Labute approximate surface area is 180 Å². The van der Waals surface area contributed by atoms with Crippen molar-refractivity contribution in [3.63, 3.8) is 0 Å². The summed E-state index contributed by atoms with van der Waals surface area (Å²) in [6.07, 6.45) is 2.43. The van der Waals surface area contributed by atoms with E-state index in [9.17, 15) is 4.79 Å². The molecule has 0 bridgehead atoms. The molecule has 6 heteroatoms. The molecule has 6 nitrogen and oxygen atoms in total. The van der Waals surface area contributed by atoms with Gasteiger partial charge in [-0.1, -0.05) is 72.8 Å². The van der Waals surface area contributed by atoms with Gasteiger partial charge < -0.3 is 16.0 Å². The minimum Gasteiger partial charge on any atom is -0.384 e. The van der Waals surface area contributed by atoms with Gasteiger partial charge in [0.2, 0.25) is 0 Å². The number of hydrogen-bond acceptors (Lipinski definition) is 3. The van der Waals surface area contributed by atoms with Crippen molar-refractivity contribution in [1.29, 1.82) is 5.41 Å². The summed E-state index contributed by atoms with van der Waals surface area (Å²) in [5.41, 5.74) is 9.57. The van der Waals surface area contributed by atoms with Crippen LogP contribution in [0.2, 0.25) is 0 Å². The number of aromatic nitrogens is 2. The van der Waals surface area contributed by atoms with E-state index < -0.39 is 0 Å². The molecule has 1 aromatic heterocycles. The van der Waals surface area contributed by atoms with Gasteiger partial charge in [-0.15, -0.1) is 0 Å². The second-order valence-electron chi connectivity index (χ2n) is 7.24. The maximum atomic E-state index is 12.8. The standard InChI is InChI=1S/C25H23N5O/c26-23(27)19-13-11-18(12-14-19)22-16-28-24(29-22)21(15-17-7-3-1-4-8-17)30-25(31)20-9-5-2-6-10-20/h1-14,16,21H,15H2,(H3,26,27)(H,28,29)(H,30,31). The van der Waals surface area contributed by atoms with Crippen LogP contribution in [0.4, 0.5) is 0 Å². The van der Waals surface area contributed by atoms with E-state index in [1.165, 1.54) is 0 Å². The highest BCUT2D eigenvalue weighted by Gasteiger charge is 2.20. The SMILES string of the molecule is N=C(N)c1ccc(-c2c[nH]c(C(Cc3ccccc3)NC(=O)c3ccccc3)n2)cc1. The number of benzene rings is 3. The van der Waals surface area contributed by atoms with Gasteiger partial charge in [0.15, 0.2) is 0 Å². The molecule has 0 radical (unpaired) electrons. The van der Waals surface area contributed by atoms with E-state index in [-0.39, 0.29) is 17.8 Å². The monoisotopic (exact) mass is 409 g/mol. The van der Waals surface area contributed by atoms with E-state index in [2.05, 4.69) is 10.3 Å². The molecule has 0 aliphatic heterocycles. The molecule has 1 atom stereocenters. The molecule has 0 fully saturated rings. The Morgan fingerprint density at radius 3 is 2.23 bits per heavy atom. The van der Waals surface area contributed by atoms with Gasteiger partial charge in [-0.05, 0) is 24.1 Å². The number of carbonyl (C=O) groups excluding carboxylic acids is 1. The molecule has 5 N–H and O–H groups in total. The molecular formula is C25H23N5O. The van der Waals surface area contributed by atoms with Crippen molar-refractivity contribution in [2.24, 2.45) is 5.73 Å². The molecule has 0 saturated carbocycles. The fourth-order valence-corrected chi connectivity index (χ4v) is 3.38. The van der Waals surface area contributed by atoms with Crippen LogP contribution in [-0.4, -0.2) is 21.7 Å². The Morgan fingerprint density at radius 2 is 1.58 bits per heavy atom. The molecular weight excluding hydrogens is 386 g/mol. The normalized spacial score (nSPS) is 11.6. The third-order valence-electron chi connectivity index (χ3n) is 5.04. The molecule has 154 valence electrons. The van der Waals surface area contributed by atoms with E-state index in [4.69, 9.17) is 16.1 Å². The zero-order valence-electron chi connectivity index (χ0n) is 16.9. The lowest BCUT2D eigenvalue weighted by Crippen LogP contribution is -2.30. The average molecular weight is 409 g/mol. The zero-order chi connectivity index (χ0) is 21.6. The van der Waals surface area contributed by atoms with Crippen LogP contribution in [0.5, 0.6) is 0 Å². The summed E-state index contributed by atoms with van der Waals surface area (Å²) in [7, 11) is 0. The van der Waals surface area contributed by atoms with Crippen LogP contribution in [0, 0.1) is 5.41 Å². The van der Waals surface area contributed by atoms with Gasteiger partial charge in [0.1, 0.15) is 11.7 Å². The number of nitrogen functional groups attached to an aromatic ring is 1. The van der Waals surface area contributed by atoms with Crippen LogP contribution in [0.25, 0.3) is 11.3 Å². The first-order chi connectivity index (χ1) is 15.1. The largest absolute Gasteiger partial charge is 0.384 e. The molecule has 1 amide bonds. The Bertz CT molecular complexity index is 1170. The van der Waals surface area contributed by atoms with Gasteiger partial charge in [-0.3, -0.25) is 10.2 Å². The summed E-state index contributed by atoms with van der Waals surface area (Å²) < 4.78 is 0. The Morgan fingerprint density at radius 1 is 0.935 bits per heavy atom. The maximum absolute atomic E-state index is 12.8. The van der Waals surface area contributed by atoms with Crippen molar-refractivity contribution >= 4 is 11.7 Å². The summed E-state index contributed by atoms with van der Waals surface area (Å²) >= 11 is 0. The van der Waals surface area contributed by atoms with E-state index in [0.717, 1.165) is 16.8 Å². The minimum atomic E-state index is -0.319. The molecule has 1 unspecified atom stereocenters. The number of imidazole rings is 1. The second-order valence-corrected chi connectivity index (χ2v) is 7.24. The highest BCUT2D eigenvalue weighted by Crippen LogP contribution is 2.22. The topological polar surface area (TPSA) is 108 Å². The smallest absolute Gasteiger partial charge is 0.251 e. The number of aromatic amines is 1. The number of nitrogens with one attached hydrogen (secondary N) is 3. The molecule has 0 saturated heterocycles. The van der Waals surface area contributed by atoms with Crippen LogP contribution in [0.1, 0.15) is 33.4 Å². The van der Waals surface area contributed by atoms with Gasteiger partial charge in [0, 0.05) is 22.9 Å². The van der Waals surface area contributed by atoms with E-state index >= 15 is 0 Å². The third kappa shape index (κ3) is 4.87. The van der Waals surface area contributed by atoms with Crippen molar-refractivity contribution in [2.75, 3.05) is 0 Å². The van der Waals surface area contributed by atoms with E-state index in [0.29, 0.717) is 23.4 Å². The number of nitrogens with zero attached hydrogens (tertiary/aromatic N) is 1. The summed E-state index contributed by atoms with van der Waals surface area (Å²) in [5, 5.41) is 10.6. The van der Waals surface area contributed by atoms with Crippen molar-refractivity contribution < 1.29 is 4.79 Å². The molecule has 4 aromatic rings. The van der Waals surface area contributed by atoms with Gasteiger partial charge in [0.25, 0.3) is 5.91 Å². The fourth-order valence-electron chi connectivity index (χ4n) is 3.38. The maximum Gasteiger partial charge on any atom is 0.251 e. The molecule has 0 aliphatic rings. The van der Waals surface area contributed by atoms with Crippen LogP contribution >= 0.6 is 0 Å². The molecule has 0 spiro atoms. The first-order valence-corrected chi connectivity index (χ1v) is 10.00. The Balaban J connectivity index is 1.60. The van der Waals surface area contributed by atoms with Crippen LogP contribution in [0.15, 0.2) is 91.1 Å². The fraction of sp³-hybridized carbons (Fsp3) is 0.0800. The van der Waals surface area contributed by atoms with Crippen molar-refractivity contribution in [3.05, 3.63) is 114 Å². The van der Waals surface area contributed by atoms with Crippen molar-refractivity contribution in [3.8, 4) is 11.3 Å². The van der Waals surface area contributed by atoms with Crippen LogP contribution < -0.4 is 11.1 Å². The van der Waals surface area contributed by atoms with Crippen LogP contribution in [0.3, 0.4) is 0 Å². The quantitative estimate of drug-likeness (QED) is 0.273. The van der Waals surface area contributed by atoms with Crippen LogP contribution in [-0.2, 0) is 6.42 Å². The molecule has 4 rings (SSSR count). The average Bonchev–Trinajstić information content (AvgIpc) is 3.30. The van der Waals surface area contributed by atoms with E-state index in [1.54, 1.807) is 24.3 Å². The summed E-state index contributed by atoms with van der Waals surface area (Å²) in [6, 6.07) is 26.2. The second kappa shape index (κ2) is 9.09. The number of nitrogens with two attached hydrogens (primary N) is 1. The number of amides is 1. The zero-order valence-corrected chi connectivity index (χ0v) is 16.9. The summed E-state index contributed by atoms with van der Waals surface area (Å²) in [6.45, 7) is 0. The predicted molar refractivity (Wildman–Crippen MR) is 122 cm³/mol. The predicted octanol–water partition coefficient (Wildman–Crippen LogP) is 4.07. The third-order valence-corrected chi connectivity index (χ3v) is 5.04.